The van der Waals surface area contributed by atoms with Crippen LogP contribution in [0.5, 0.6) is 0 Å². The Morgan fingerprint density at radius 3 is 2.33 bits per heavy atom. The maximum absolute atomic E-state index is 13.2. The molecule has 2 amide bonds. The quantitative estimate of drug-likeness (QED) is 0.479. The van der Waals surface area contributed by atoms with Crippen molar-refractivity contribution in [2.45, 2.75) is 19.3 Å². The summed E-state index contributed by atoms with van der Waals surface area (Å²) in [5.74, 6) is -0.332. The Morgan fingerprint density at radius 2 is 1.58 bits per heavy atom. The van der Waals surface area contributed by atoms with Crippen LogP contribution in [0, 0.1) is 0 Å². The number of rotatable bonds is 4. The fourth-order valence-electron chi connectivity index (χ4n) is 5.87. The van der Waals surface area contributed by atoms with Crippen LogP contribution in [0.1, 0.15) is 44.7 Å². The van der Waals surface area contributed by atoms with Crippen LogP contribution < -0.4 is 10.6 Å². The summed E-state index contributed by atoms with van der Waals surface area (Å²) in [7, 11) is 2.08. The lowest BCUT2D eigenvalue weighted by Crippen LogP contribution is -2.47. The number of fused-ring (bicyclic) bond motifs is 3. The lowest BCUT2D eigenvalue weighted by molar-refractivity contribution is 0.0664. The Hall–Kier alpha value is -3.64. The van der Waals surface area contributed by atoms with Crippen LogP contribution in [-0.4, -0.2) is 67.9 Å². The molecule has 6 rings (SSSR count). The van der Waals surface area contributed by atoms with Gasteiger partial charge in [-0.05, 0) is 96.1 Å². The SMILES string of the molecule is CN1CCN(C(=O)c2ccc3c(c2)Cc2c(C(N)=O)cc(-c4cccc(N5CCCC5)c4)cc2-3)CC1. The van der Waals surface area contributed by atoms with Crippen molar-refractivity contribution in [1.82, 2.24) is 9.80 Å². The van der Waals surface area contributed by atoms with E-state index in [2.05, 4.69) is 47.2 Å². The summed E-state index contributed by atoms with van der Waals surface area (Å²) < 4.78 is 0. The van der Waals surface area contributed by atoms with Crippen molar-refractivity contribution >= 4 is 17.5 Å². The van der Waals surface area contributed by atoms with Gasteiger partial charge in [0.25, 0.3) is 5.91 Å². The van der Waals surface area contributed by atoms with E-state index in [9.17, 15) is 9.59 Å². The fourth-order valence-corrected chi connectivity index (χ4v) is 5.87. The van der Waals surface area contributed by atoms with E-state index in [0.717, 1.165) is 72.6 Å². The zero-order chi connectivity index (χ0) is 24.8. The highest BCUT2D eigenvalue weighted by Crippen LogP contribution is 2.42. The Labute approximate surface area is 212 Å². The molecule has 2 fully saturated rings. The first kappa shape index (κ1) is 22.8. The van der Waals surface area contributed by atoms with Crippen LogP contribution in [0.25, 0.3) is 22.3 Å². The van der Waals surface area contributed by atoms with Crippen molar-refractivity contribution in [2.24, 2.45) is 5.73 Å². The number of hydrogen-bond donors (Lipinski definition) is 1. The molecule has 2 aliphatic heterocycles. The average Bonchev–Trinajstić information content (AvgIpc) is 3.56. The van der Waals surface area contributed by atoms with Crippen LogP contribution in [0.2, 0.25) is 0 Å². The zero-order valence-corrected chi connectivity index (χ0v) is 20.8. The van der Waals surface area contributed by atoms with Crippen LogP contribution in [0.3, 0.4) is 0 Å². The van der Waals surface area contributed by atoms with Gasteiger partial charge in [0.05, 0.1) is 0 Å². The first-order chi connectivity index (χ1) is 17.5. The van der Waals surface area contributed by atoms with E-state index in [0.29, 0.717) is 17.5 Å². The van der Waals surface area contributed by atoms with Crippen LogP contribution in [0.15, 0.2) is 54.6 Å². The predicted octanol–water partition coefficient (Wildman–Crippen LogP) is 4.01. The number of nitrogens with zero attached hydrogens (tertiary/aromatic N) is 3. The Balaban J connectivity index is 1.36. The van der Waals surface area contributed by atoms with Gasteiger partial charge in [-0.3, -0.25) is 9.59 Å². The second-order valence-electron chi connectivity index (χ2n) is 10.3. The second kappa shape index (κ2) is 9.10. The molecule has 0 spiro atoms. The summed E-state index contributed by atoms with van der Waals surface area (Å²) in [4.78, 5) is 32.3. The van der Waals surface area contributed by atoms with E-state index in [1.165, 1.54) is 18.5 Å². The number of hydrogen-bond acceptors (Lipinski definition) is 4. The number of primary amides is 1. The highest BCUT2D eigenvalue weighted by molar-refractivity contribution is 6.01. The summed E-state index contributed by atoms with van der Waals surface area (Å²) in [6.45, 7) is 5.46. The van der Waals surface area contributed by atoms with Gasteiger partial charge in [0.15, 0.2) is 0 Å². The first-order valence-corrected chi connectivity index (χ1v) is 12.9. The van der Waals surface area contributed by atoms with Gasteiger partial charge in [-0.2, -0.15) is 0 Å². The molecule has 3 aromatic rings. The van der Waals surface area contributed by atoms with Crippen LogP contribution >= 0.6 is 0 Å². The molecule has 3 aliphatic rings. The Bertz CT molecular complexity index is 1350. The predicted molar refractivity (Wildman–Crippen MR) is 143 cm³/mol. The molecule has 1 aliphatic carbocycles. The van der Waals surface area contributed by atoms with Gasteiger partial charge in [0.1, 0.15) is 0 Å². The van der Waals surface area contributed by atoms with Gasteiger partial charge in [-0.25, -0.2) is 0 Å². The molecule has 3 aromatic carbocycles. The molecule has 2 N–H and O–H groups in total. The third-order valence-electron chi connectivity index (χ3n) is 7.97. The monoisotopic (exact) mass is 480 g/mol. The van der Waals surface area contributed by atoms with Gasteiger partial charge in [0, 0.05) is 56.1 Å². The van der Waals surface area contributed by atoms with E-state index in [1.807, 2.05) is 29.2 Å². The first-order valence-electron chi connectivity index (χ1n) is 12.9. The van der Waals surface area contributed by atoms with E-state index in [4.69, 9.17) is 5.73 Å². The minimum atomic E-state index is -0.412. The molecule has 0 aromatic heterocycles. The largest absolute Gasteiger partial charge is 0.372 e. The smallest absolute Gasteiger partial charge is 0.253 e. The van der Waals surface area contributed by atoms with E-state index in [1.54, 1.807) is 0 Å². The molecule has 0 atom stereocenters. The number of carbonyl (C=O) groups excluding carboxylic acids is 2. The maximum atomic E-state index is 13.2. The minimum absolute atomic E-state index is 0.0800. The number of piperazine rings is 1. The summed E-state index contributed by atoms with van der Waals surface area (Å²) in [5, 5.41) is 0. The minimum Gasteiger partial charge on any atom is -0.372 e. The topological polar surface area (TPSA) is 69.9 Å². The Morgan fingerprint density at radius 1 is 0.806 bits per heavy atom. The molecule has 2 saturated heterocycles. The summed E-state index contributed by atoms with van der Waals surface area (Å²) in [6.07, 6.45) is 3.07. The van der Waals surface area contributed by atoms with E-state index >= 15 is 0 Å². The third-order valence-corrected chi connectivity index (χ3v) is 7.97. The van der Waals surface area contributed by atoms with E-state index in [-0.39, 0.29) is 5.91 Å². The van der Waals surface area contributed by atoms with Gasteiger partial charge in [-0.1, -0.05) is 18.2 Å². The summed E-state index contributed by atoms with van der Waals surface area (Å²) >= 11 is 0. The number of anilines is 1. The van der Waals surface area contributed by atoms with Gasteiger partial charge in [0.2, 0.25) is 5.91 Å². The number of carbonyl (C=O) groups is 2. The molecular formula is C30H32N4O2. The number of benzene rings is 3. The van der Waals surface area contributed by atoms with Crippen molar-refractivity contribution in [2.75, 3.05) is 51.2 Å². The fraction of sp³-hybridized carbons (Fsp3) is 0.333. The van der Waals surface area contributed by atoms with Gasteiger partial charge < -0.3 is 20.4 Å². The second-order valence-corrected chi connectivity index (χ2v) is 10.3. The van der Waals surface area contributed by atoms with Crippen LogP contribution in [-0.2, 0) is 6.42 Å². The number of nitrogens with two attached hydrogens (primary N) is 1. The van der Waals surface area contributed by atoms with Crippen LogP contribution in [0.4, 0.5) is 5.69 Å². The van der Waals surface area contributed by atoms with Crippen molar-refractivity contribution in [3.63, 3.8) is 0 Å². The lowest BCUT2D eigenvalue weighted by Gasteiger charge is -2.32. The number of likely N-dealkylation sites (N-methyl/N-ethyl adjacent to an activating group) is 1. The maximum Gasteiger partial charge on any atom is 0.253 e. The third kappa shape index (κ3) is 4.05. The van der Waals surface area contributed by atoms with Crippen molar-refractivity contribution in [3.8, 4) is 22.3 Å². The van der Waals surface area contributed by atoms with Crippen molar-refractivity contribution < 1.29 is 9.59 Å². The normalized spacial score (nSPS) is 17.2. The van der Waals surface area contributed by atoms with Gasteiger partial charge in [-0.15, -0.1) is 0 Å². The number of amides is 2. The highest BCUT2D eigenvalue weighted by atomic mass is 16.2. The Kier molecular flexibility index (Phi) is 5.76. The molecule has 6 heteroatoms. The average molecular weight is 481 g/mol. The standard InChI is InChI=1S/C30H32N4O2/c1-32-11-13-34(14-12-32)30(36)21-7-8-25-23(15-21)19-27-26(25)17-22(18-28(27)29(31)35)20-5-4-6-24(16-20)33-9-2-3-10-33/h4-8,15-18H,2-3,9-14,19H2,1H3,(H2,31,35). The van der Waals surface area contributed by atoms with Gasteiger partial charge >= 0.3 is 0 Å². The molecule has 0 saturated carbocycles. The summed E-state index contributed by atoms with van der Waals surface area (Å²) in [6, 6.07) is 18.7. The molecule has 0 radical (unpaired) electrons. The zero-order valence-electron chi connectivity index (χ0n) is 20.8. The molecule has 184 valence electrons. The molecular weight excluding hydrogens is 448 g/mol. The van der Waals surface area contributed by atoms with Crippen molar-refractivity contribution in [1.29, 1.82) is 0 Å². The molecule has 0 unspecified atom stereocenters. The molecule has 2 heterocycles. The molecule has 0 bridgehead atoms. The summed E-state index contributed by atoms with van der Waals surface area (Å²) in [5.41, 5.74) is 14.6. The van der Waals surface area contributed by atoms with Crippen molar-refractivity contribution in [3.05, 3.63) is 76.9 Å². The molecule has 6 nitrogen and oxygen atoms in total. The molecule has 36 heavy (non-hydrogen) atoms. The van der Waals surface area contributed by atoms with E-state index < -0.39 is 5.91 Å². The highest BCUT2D eigenvalue weighted by Gasteiger charge is 2.27. The lowest BCUT2D eigenvalue weighted by atomic mass is 9.93.